The lowest BCUT2D eigenvalue weighted by Crippen LogP contribution is -2.49. The SMILES string of the molecule is Cc1ccc(C(=O)NC2CCCN(S(C)(=O)=O)C2)cc1C. The molecule has 0 bridgehead atoms. The van der Waals surface area contributed by atoms with Crippen molar-refractivity contribution < 1.29 is 13.2 Å². The Morgan fingerprint density at radius 3 is 2.62 bits per heavy atom. The van der Waals surface area contributed by atoms with Crippen LogP contribution in [0.1, 0.15) is 34.3 Å². The number of hydrogen-bond donors (Lipinski definition) is 1. The molecule has 21 heavy (non-hydrogen) atoms. The van der Waals surface area contributed by atoms with Crippen molar-refractivity contribution in [1.29, 1.82) is 0 Å². The van der Waals surface area contributed by atoms with Gasteiger partial charge in [-0.05, 0) is 49.9 Å². The Morgan fingerprint density at radius 2 is 2.00 bits per heavy atom. The third-order valence-corrected chi connectivity index (χ3v) is 5.23. The first kappa shape index (κ1) is 16.0. The van der Waals surface area contributed by atoms with Crippen LogP contribution >= 0.6 is 0 Å². The average Bonchev–Trinajstić information content (AvgIpc) is 2.41. The minimum Gasteiger partial charge on any atom is -0.348 e. The fourth-order valence-electron chi connectivity index (χ4n) is 2.51. The number of carbonyl (C=O) groups excluding carboxylic acids is 1. The summed E-state index contributed by atoms with van der Waals surface area (Å²) in [6.07, 6.45) is 2.79. The summed E-state index contributed by atoms with van der Waals surface area (Å²) in [5.74, 6) is -0.140. The molecule has 0 radical (unpaired) electrons. The fourth-order valence-corrected chi connectivity index (χ4v) is 3.42. The third kappa shape index (κ3) is 4.04. The van der Waals surface area contributed by atoms with Crippen molar-refractivity contribution in [3.63, 3.8) is 0 Å². The molecule has 116 valence electrons. The average molecular weight is 310 g/mol. The number of benzene rings is 1. The van der Waals surface area contributed by atoms with Crippen LogP contribution in [0, 0.1) is 13.8 Å². The predicted molar refractivity (Wildman–Crippen MR) is 82.8 cm³/mol. The monoisotopic (exact) mass is 310 g/mol. The van der Waals surface area contributed by atoms with E-state index in [0.29, 0.717) is 18.7 Å². The van der Waals surface area contributed by atoms with Gasteiger partial charge in [-0.15, -0.1) is 0 Å². The van der Waals surface area contributed by atoms with Gasteiger partial charge in [-0.25, -0.2) is 12.7 Å². The van der Waals surface area contributed by atoms with Gasteiger partial charge in [0.2, 0.25) is 10.0 Å². The highest BCUT2D eigenvalue weighted by molar-refractivity contribution is 7.88. The van der Waals surface area contributed by atoms with Crippen LogP contribution in [0.5, 0.6) is 0 Å². The lowest BCUT2D eigenvalue weighted by molar-refractivity contribution is 0.0921. The van der Waals surface area contributed by atoms with Crippen molar-refractivity contribution >= 4 is 15.9 Å². The van der Waals surface area contributed by atoms with Crippen LogP contribution < -0.4 is 5.32 Å². The molecule has 1 atom stereocenters. The van der Waals surface area contributed by atoms with Crippen LogP contribution in [0.15, 0.2) is 18.2 Å². The predicted octanol–water partition coefficient (Wildman–Crippen LogP) is 1.46. The first-order valence-corrected chi connectivity index (χ1v) is 8.95. The lowest BCUT2D eigenvalue weighted by Gasteiger charge is -2.31. The van der Waals surface area contributed by atoms with E-state index in [2.05, 4.69) is 5.32 Å². The Kier molecular flexibility index (Phi) is 4.68. The van der Waals surface area contributed by atoms with Gasteiger partial charge in [0, 0.05) is 24.7 Å². The van der Waals surface area contributed by atoms with Crippen molar-refractivity contribution in [2.45, 2.75) is 32.7 Å². The quantitative estimate of drug-likeness (QED) is 0.919. The zero-order valence-corrected chi connectivity index (χ0v) is 13.5. The minimum atomic E-state index is -3.19. The molecule has 2 rings (SSSR count). The van der Waals surface area contributed by atoms with Gasteiger partial charge in [0.1, 0.15) is 0 Å². The molecular formula is C15H22N2O3S. The van der Waals surface area contributed by atoms with E-state index in [1.165, 1.54) is 10.6 Å². The first-order chi connectivity index (χ1) is 9.77. The van der Waals surface area contributed by atoms with E-state index < -0.39 is 10.0 Å². The molecule has 1 heterocycles. The van der Waals surface area contributed by atoms with E-state index in [1.807, 2.05) is 26.0 Å². The molecule has 1 N–H and O–H groups in total. The normalized spacial score (nSPS) is 20.2. The molecule has 0 spiro atoms. The van der Waals surface area contributed by atoms with Crippen LogP contribution in [0.25, 0.3) is 0 Å². The van der Waals surface area contributed by atoms with Crippen molar-refractivity contribution in [2.24, 2.45) is 0 Å². The van der Waals surface area contributed by atoms with E-state index >= 15 is 0 Å². The number of carbonyl (C=O) groups is 1. The number of amides is 1. The molecular weight excluding hydrogens is 288 g/mol. The molecule has 1 aromatic carbocycles. The van der Waals surface area contributed by atoms with E-state index in [-0.39, 0.29) is 11.9 Å². The van der Waals surface area contributed by atoms with Crippen molar-refractivity contribution in [2.75, 3.05) is 19.3 Å². The second-order valence-corrected chi connectivity index (χ2v) is 7.72. The lowest BCUT2D eigenvalue weighted by atomic mass is 10.0. The molecule has 1 fully saturated rings. The molecule has 0 saturated carbocycles. The second-order valence-electron chi connectivity index (χ2n) is 5.73. The molecule has 6 heteroatoms. The van der Waals surface area contributed by atoms with E-state index in [4.69, 9.17) is 0 Å². The fraction of sp³-hybridized carbons (Fsp3) is 0.533. The highest BCUT2D eigenvalue weighted by atomic mass is 32.2. The van der Waals surface area contributed by atoms with Crippen LogP contribution in [-0.4, -0.2) is 44.0 Å². The number of sulfonamides is 1. The molecule has 1 unspecified atom stereocenters. The van der Waals surface area contributed by atoms with Crippen molar-refractivity contribution in [3.05, 3.63) is 34.9 Å². The second kappa shape index (κ2) is 6.15. The number of aryl methyl sites for hydroxylation is 2. The van der Waals surface area contributed by atoms with Crippen LogP contribution in [0.2, 0.25) is 0 Å². The Labute approximate surface area is 126 Å². The van der Waals surface area contributed by atoms with E-state index in [1.54, 1.807) is 6.07 Å². The van der Waals surface area contributed by atoms with Crippen molar-refractivity contribution in [3.8, 4) is 0 Å². The summed E-state index contributed by atoms with van der Waals surface area (Å²) < 4.78 is 24.6. The van der Waals surface area contributed by atoms with Crippen LogP contribution in [-0.2, 0) is 10.0 Å². The van der Waals surface area contributed by atoms with Gasteiger partial charge in [0.25, 0.3) is 5.91 Å². The Bertz CT molecular complexity index is 640. The molecule has 1 aliphatic heterocycles. The van der Waals surface area contributed by atoms with Gasteiger partial charge < -0.3 is 5.32 Å². The molecule has 1 aliphatic rings. The Balaban J connectivity index is 2.03. The summed E-state index contributed by atoms with van der Waals surface area (Å²) in [4.78, 5) is 12.3. The van der Waals surface area contributed by atoms with Gasteiger partial charge in [-0.3, -0.25) is 4.79 Å². The molecule has 1 aromatic rings. The number of nitrogens with one attached hydrogen (secondary N) is 1. The molecule has 0 aromatic heterocycles. The molecule has 1 amide bonds. The Hall–Kier alpha value is -1.40. The molecule has 5 nitrogen and oxygen atoms in total. The number of rotatable bonds is 3. The summed E-state index contributed by atoms with van der Waals surface area (Å²) in [5.41, 5.74) is 2.84. The summed E-state index contributed by atoms with van der Waals surface area (Å²) in [5, 5.41) is 2.94. The highest BCUT2D eigenvalue weighted by Gasteiger charge is 2.26. The smallest absolute Gasteiger partial charge is 0.251 e. The summed E-state index contributed by atoms with van der Waals surface area (Å²) in [6.45, 7) is 4.87. The number of hydrogen-bond acceptors (Lipinski definition) is 3. The topological polar surface area (TPSA) is 66.5 Å². The largest absolute Gasteiger partial charge is 0.348 e. The standard InChI is InChI=1S/C15H22N2O3S/c1-11-6-7-13(9-12(11)2)15(18)16-14-5-4-8-17(10-14)21(3,19)20/h6-7,9,14H,4-5,8,10H2,1-3H3,(H,16,18). The number of piperidine rings is 1. The zero-order valence-electron chi connectivity index (χ0n) is 12.7. The maximum absolute atomic E-state index is 12.3. The number of nitrogens with zero attached hydrogens (tertiary/aromatic N) is 1. The third-order valence-electron chi connectivity index (χ3n) is 3.96. The maximum atomic E-state index is 12.3. The molecule has 0 aliphatic carbocycles. The zero-order chi connectivity index (χ0) is 15.6. The maximum Gasteiger partial charge on any atom is 0.251 e. The van der Waals surface area contributed by atoms with Gasteiger partial charge >= 0.3 is 0 Å². The van der Waals surface area contributed by atoms with Crippen LogP contribution in [0.3, 0.4) is 0 Å². The molecule has 1 saturated heterocycles. The van der Waals surface area contributed by atoms with Crippen LogP contribution in [0.4, 0.5) is 0 Å². The van der Waals surface area contributed by atoms with E-state index in [0.717, 1.165) is 24.0 Å². The van der Waals surface area contributed by atoms with Gasteiger partial charge in [0.15, 0.2) is 0 Å². The van der Waals surface area contributed by atoms with Gasteiger partial charge in [-0.2, -0.15) is 0 Å². The Morgan fingerprint density at radius 1 is 1.29 bits per heavy atom. The van der Waals surface area contributed by atoms with Crippen molar-refractivity contribution in [1.82, 2.24) is 9.62 Å². The van der Waals surface area contributed by atoms with Gasteiger partial charge in [-0.1, -0.05) is 6.07 Å². The highest BCUT2D eigenvalue weighted by Crippen LogP contribution is 2.15. The minimum absolute atomic E-state index is 0.123. The first-order valence-electron chi connectivity index (χ1n) is 7.10. The van der Waals surface area contributed by atoms with E-state index in [9.17, 15) is 13.2 Å². The van der Waals surface area contributed by atoms with Gasteiger partial charge in [0.05, 0.1) is 6.26 Å². The summed E-state index contributed by atoms with van der Waals surface area (Å²) in [6, 6.07) is 5.47. The summed E-state index contributed by atoms with van der Waals surface area (Å²) in [7, 11) is -3.19. The summed E-state index contributed by atoms with van der Waals surface area (Å²) >= 11 is 0.